The largest absolute Gasteiger partial charge is 0.386 e. The summed E-state index contributed by atoms with van der Waals surface area (Å²) in [5.74, 6) is 0.380. The van der Waals surface area contributed by atoms with E-state index in [-0.39, 0.29) is 11.1 Å². The molecule has 0 bridgehead atoms. The zero-order chi connectivity index (χ0) is 13.9. The van der Waals surface area contributed by atoms with Gasteiger partial charge in [-0.1, -0.05) is 19.8 Å². The van der Waals surface area contributed by atoms with Crippen LogP contribution in [0, 0.1) is 5.92 Å². The Bertz CT molecular complexity index is 530. The zero-order valence-electron chi connectivity index (χ0n) is 11.4. The van der Waals surface area contributed by atoms with Gasteiger partial charge in [-0.2, -0.15) is 0 Å². The smallest absolute Gasteiger partial charge is 0.260 e. The lowest BCUT2D eigenvalue weighted by molar-refractivity contribution is 0.310. The molecule has 0 saturated heterocycles. The molecule has 0 aromatic carbocycles. The van der Waals surface area contributed by atoms with Crippen molar-refractivity contribution in [3.8, 4) is 0 Å². The van der Waals surface area contributed by atoms with Crippen LogP contribution in [0.4, 0.5) is 5.69 Å². The van der Waals surface area contributed by atoms with Crippen LogP contribution in [0.15, 0.2) is 23.4 Å². The number of nitrogens with one attached hydrogen (secondary N) is 2. The number of pyridine rings is 1. The molecule has 106 valence electrons. The number of rotatable bonds is 4. The number of aromatic nitrogens is 1. The van der Waals surface area contributed by atoms with Crippen molar-refractivity contribution in [2.24, 2.45) is 5.92 Å². The number of hydrogen-bond donors (Lipinski definition) is 2. The normalized spacial score (nSPS) is 24.1. The number of sulfonamides is 1. The van der Waals surface area contributed by atoms with Crippen LogP contribution in [-0.4, -0.2) is 26.5 Å². The van der Waals surface area contributed by atoms with Gasteiger partial charge in [-0.3, -0.25) is 0 Å². The van der Waals surface area contributed by atoms with Crippen LogP contribution in [0.2, 0.25) is 0 Å². The molecule has 1 aliphatic rings. The third-order valence-corrected chi connectivity index (χ3v) is 5.16. The first-order chi connectivity index (χ1) is 9.04. The quantitative estimate of drug-likeness (QED) is 0.886. The highest BCUT2D eigenvalue weighted by Crippen LogP contribution is 2.26. The van der Waals surface area contributed by atoms with Crippen molar-refractivity contribution in [3.05, 3.63) is 18.3 Å². The van der Waals surface area contributed by atoms with Gasteiger partial charge in [0.2, 0.25) is 0 Å². The molecule has 2 atom stereocenters. The molecule has 1 aromatic rings. The van der Waals surface area contributed by atoms with Crippen molar-refractivity contribution >= 4 is 15.7 Å². The Kier molecular flexibility index (Phi) is 4.42. The van der Waals surface area contributed by atoms with Gasteiger partial charge in [0.15, 0.2) is 5.03 Å². The van der Waals surface area contributed by atoms with Gasteiger partial charge in [0, 0.05) is 19.3 Å². The van der Waals surface area contributed by atoms with Crippen LogP contribution in [0.3, 0.4) is 0 Å². The maximum absolute atomic E-state index is 12.4. The molecule has 2 unspecified atom stereocenters. The first-order valence-corrected chi connectivity index (χ1v) is 8.18. The molecule has 0 aliphatic heterocycles. The van der Waals surface area contributed by atoms with E-state index in [0.717, 1.165) is 19.3 Å². The molecule has 1 aromatic heterocycles. The molecule has 19 heavy (non-hydrogen) atoms. The van der Waals surface area contributed by atoms with Gasteiger partial charge in [-0.05, 0) is 30.9 Å². The summed E-state index contributed by atoms with van der Waals surface area (Å²) in [6.45, 7) is 2.10. The van der Waals surface area contributed by atoms with Gasteiger partial charge in [0.05, 0.1) is 5.69 Å². The summed E-state index contributed by atoms with van der Waals surface area (Å²) in [4.78, 5) is 4.00. The molecule has 5 nitrogen and oxygen atoms in total. The lowest BCUT2D eigenvalue weighted by Gasteiger charge is -2.29. The summed E-state index contributed by atoms with van der Waals surface area (Å²) in [7, 11) is -1.87. The second-order valence-electron chi connectivity index (χ2n) is 5.10. The van der Waals surface area contributed by atoms with E-state index in [1.54, 1.807) is 19.2 Å². The molecular formula is C13H21N3O2S. The van der Waals surface area contributed by atoms with E-state index in [9.17, 15) is 8.42 Å². The van der Waals surface area contributed by atoms with Gasteiger partial charge in [0.25, 0.3) is 10.0 Å². The van der Waals surface area contributed by atoms with Gasteiger partial charge in [0.1, 0.15) is 0 Å². The highest BCUT2D eigenvalue weighted by molar-refractivity contribution is 7.89. The Morgan fingerprint density at radius 3 is 2.74 bits per heavy atom. The van der Waals surface area contributed by atoms with Crippen molar-refractivity contribution in [2.75, 3.05) is 12.4 Å². The van der Waals surface area contributed by atoms with Gasteiger partial charge >= 0.3 is 0 Å². The summed E-state index contributed by atoms with van der Waals surface area (Å²) in [5, 5.41) is 2.95. The van der Waals surface area contributed by atoms with Crippen LogP contribution in [-0.2, 0) is 10.0 Å². The summed E-state index contributed by atoms with van der Waals surface area (Å²) in [6, 6.07) is 3.45. The first-order valence-electron chi connectivity index (χ1n) is 6.69. The van der Waals surface area contributed by atoms with E-state index >= 15 is 0 Å². The average molecular weight is 283 g/mol. The van der Waals surface area contributed by atoms with Crippen LogP contribution < -0.4 is 10.0 Å². The van der Waals surface area contributed by atoms with Crippen molar-refractivity contribution in [3.63, 3.8) is 0 Å². The summed E-state index contributed by atoms with van der Waals surface area (Å²) in [5.41, 5.74) is 0.526. The van der Waals surface area contributed by atoms with E-state index in [4.69, 9.17) is 0 Å². The Labute approximate surface area is 114 Å². The molecule has 1 aliphatic carbocycles. The van der Waals surface area contributed by atoms with Gasteiger partial charge < -0.3 is 5.32 Å². The summed E-state index contributed by atoms with van der Waals surface area (Å²) >= 11 is 0. The van der Waals surface area contributed by atoms with Crippen LogP contribution in [0.5, 0.6) is 0 Å². The fraction of sp³-hybridized carbons (Fsp3) is 0.615. The van der Waals surface area contributed by atoms with Crippen LogP contribution in [0.1, 0.15) is 32.6 Å². The first kappa shape index (κ1) is 14.3. The minimum atomic E-state index is -3.56. The van der Waals surface area contributed by atoms with Gasteiger partial charge in [-0.25, -0.2) is 18.1 Å². The fourth-order valence-electron chi connectivity index (χ4n) is 2.54. The van der Waals surface area contributed by atoms with E-state index in [2.05, 4.69) is 21.9 Å². The molecule has 0 radical (unpaired) electrons. The van der Waals surface area contributed by atoms with Gasteiger partial charge in [-0.15, -0.1) is 0 Å². The molecule has 1 fully saturated rings. The molecule has 6 heteroatoms. The maximum atomic E-state index is 12.4. The third kappa shape index (κ3) is 3.25. The lowest BCUT2D eigenvalue weighted by atomic mass is 9.87. The molecule has 1 heterocycles. The Morgan fingerprint density at radius 2 is 2.05 bits per heavy atom. The SMILES string of the molecule is CNc1cccnc1S(=O)(=O)NC1CCCCC1C. The van der Waals surface area contributed by atoms with Crippen molar-refractivity contribution in [1.82, 2.24) is 9.71 Å². The second-order valence-corrected chi connectivity index (χ2v) is 6.72. The predicted octanol–water partition coefficient (Wildman–Crippen LogP) is 1.98. The van der Waals surface area contributed by atoms with Crippen LogP contribution in [0.25, 0.3) is 0 Å². The predicted molar refractivity (Wildman–Crippen MR) is 75.5 cm³/mol. The number of hydrogen-bond acceptors (Lipinski definition) is 4. The topological polar surface area (TPSA) is 71.1 Å². The average Bonchev–Trinajstić information content (AvgIpc) is 2.41. The zero-order valence-corrected chi connectivity index (χ0v) is 12.2. The van der Waals surface area contributed by atoms with Crippen molar-refractivity contribution in [1.29, 1.82) is 0 Å². The van der Waals surface area contributed by atoms with E-state index in [1.807, 2.05) is 0 Å². The molecule has 1 saturated carbocycles. The van der Waals surface area contributed by atoms with Crippen molar-refractivity contribution < 1.29 is 8.42 Å². The minimum absolute atomic E-state index is 0.0189. The highest BCUT2D eigenvalue weighted by Gasteiger charge is 2.28. The van der Waals surface area contributed by atoms with E-state index < -0.39 is 10.0 Å². The highest BCUT2D eigenvalue weighted by atomic mass is 32.2. The van der Waals surface area contributed by atoms with E-state index in [1.165, 1.54) is 12.6 Å². The maximum Gasteiger partial charge on any atom is 0.260 e. The van der Waals surface area contributed by atoms with Crippen LogP contribution >= 0.6 is 0 Å². The second kappa shape index (κ2) is 5.88. The lowest BCUT2D eigenvalue weighted by Crippen LogP contribution is -2.41. The molecular weight excluding hydrogens is 262 g/mol. The molecule has 2 N–H and O–H groups in total. The Balaban J connectivity index is 2.22. The molecule has 0 spiro atoms. The Morgan fingerprint density at radius 1 is 1.32 bits per heavy atom. The summed E-state index contributed by atoms with van der Waals surface area (Å²) < 4.78 is 27.6. The standard InChI is InChI=1S/C13H21N3O2S/c1-10-6-3-4-7-11(10)16-19(17,18)13-12(14-2)8-5-9-15-13/h5,8-11,14,16H,3-4,6-7H2,1-2H3. The Hall–Kier alpha value is -1.14. The monoisotopic (exact) mass is 283 g/mol. The number of anilines is 1. The fourth-order valence-corrected chi connectivity index (χ4v) is 4.06. The third-order valence-electron chi connectivity index (χ3n) is 3.71. The molecule has 0 amide bonds. The minimum Gasteiger partial charge on any atom is -0.386 e. The van der Waals surface area contributed by atoms with E-state index in [0.29, 0.717) is 11.6 Å². The number of nitrogens with zero attached hydrogens (tertiary/aromatic N) is 1. The molecule has 2 rings (SSSR count). The van der Waals surface area contributed by atoms with Crippen molar-refractivity contribution in [2.45, 2.75) is 43.7 Å². The summed E-state index contributed by atoms with van der Waals surface area (Å²) in [6.07, 6.45) is 5.75.